The molecule has 1 unspecified atom stereocenters. The second-order valence-corrected chi connectivity index (χ2v) is 4.65. The third-order valence-corrected chi connectivity index (χ3v) is 3.02. The van der Waals surface area contributed by atoms with Gasteiger partial charge >= 0.3 is 5.97 Å². The summed E-state index contributed by atoms with van der Waals surface area (Å²) in [7, 11) is 0. The van der Waals surface area contributed by atoms with Crippen LogP contribution >= 0.6 is 23.6 Å². The molecule has 7 heteroatoms. The number of nitrogens with one attached hydrogen (secondary N) is 1. The molecule has 0 saturated heterocycles. The zero-order valence-electron chi connectivity index (χ0n) is 8.90. The van der Waals surface area contributed by atoms with E-state index in [1.54, 1.807) is 6.08 Å². The van der Waals surface area contributed by atoms with Crippen molar-refractivity contribution in [1.29, 1.82) is 5.41 Å². The minimum atomic E-state index is -1.28. The van der Waals surface area contributed by atoms with Crippen molar-refractivity contribution < 1.29 is 14.7 Å². The summed E-state index contributed by atoms with van der Waals surface area (Å²) in [4.78, 5) is 22.6. The first kappa shape index (κ1) is 14.2. The molecule has 0 radical (unpaired) electrons. The van der Waals surface area contributed by atoms with Crippen molar-refractivity contribution in [1.82, 2.24) is 3.94 Å². The SMILES string of the molecule is N=C1CCC=CC1C(=O)C[C@@H](C(=O)O)N(Cl)Cl. The molecule has 1 rings (SSSR count). The summed E-state index contributed by atoms with van der Waals surface area (Å²) in [5.41, 5.74) is 0.303. The summed E-state index contributed by atoms with van der Waals surface area (Å²) in [6.07, 6.45) is 4.38. The first-order valence-electron chi connectivity index (χ1n) is 5.03. The Morgan fingerprint density at radius 1 is 1.59 bits per heavy atom. The molecule has 0 heterocycles. The van der Waals surface area contributed by atoms with E-state index in [1.165, 1.54) is 0 Å². The van der Waals surface area contributed by atoms with Gasteiger partial charge in [-0.25, -0.2) is 0 Å². The van der Waals surface area contributed by atoms with Crippen LogP contribution in [0.15, 0.2) is 12.2 Å². The third kappa shape index (κ3) is 3.80. The first-order valence-corrected chi connectivity index (χ1v) is 5.71. The van der Waals surface area contributed by atoms with Crippen LogP contribution in [-0.2, 0) is 9.59 Å². The molecule has 0 aromatic rings. The lowest BCUT2D eigenvalue weighted by Crippen LogP contribution is -2.35. The van der Waals surface area contributed by atoms with E-state index >= 15 is 0 Å². The molecule has 0 aromatic carbocycles. The highest BCUT2D eigenvalue weighted by molar-refractivity contribution is 6.35. The van der Waals surface area contributed by atoms with E-state index in [9.17, 15) is 9.59 Å². The summed E-state index contributed by atoms with van der Waals surface area (Å²) < 4.78 is 0.455. The standard InChI is InChI=1S/C10H12Cl2N2O3/c11-14(12)8(10(16)17)5-9(15)6-3-1-2-4-7(6)13/h1,3,6,8,13H,2,4-5H2,(H,16,17)/t6?,8-/m0/s1. The van der Waals surface area contributed by atoms with Crippen LogP contribution in [0.1, 0.15) is 19.3 Å². The molecule has 0 bridgehead atoms. The van der Waals surface area contributed by atoms with Gasteiger partial charge < -0.3 is 10.5 Å². The number of carbonyl (C=O) groups excluding carboxylic acids is 1. The molecule has 0 spiro atoms. The number of halogens is 2. The maximum atomic E-state index is 11.8. The lowest BCUT2D eigenvalue weighted by molar-refractivity contribution is -0.142. The second-order valence-electron chi connectivity index (χ2n) is 3.75. The van der Waals surface area contributed by atoms with E-state index in [1.807, 2.05) is 6.08 Å². The zero-order valence-corrected chi connectivity index (χ0v) is 10.4. The maximum absolute atomic E-state index is 11.8. The summed E-state index contributed by atoms with van der Waals surface area (Å²) in [6.45, 7) is 0. The number of hydrogen-bond donors (Lipinski definition) is 2. The van der Waals surface area contributed by atoms with E-state index in [-0.39, 0.29) is 12.2 Å². The normalized spacial score (nSPS) is 21.6. The van der Waals surface area contributed by atoms with Gasteiger partial charge in [0, 0.05) is 12.1 Å². The van der Waals surface area contributed by atoms with Crippen LogP contribution in [0.2, 0.25) is 0 Å². The molecule has 0 fully saturated rings. The number of carboxylic acids is 1. The number of carbonyl (C=O) groups is 2. The number of carboxylic acid groups (broad SMARTS) is 1. The Bertz CT molecular complexity index is 369. The van der Waals surface area contributed by atoms with Crippen LogP contribution in [0.25, 0.3) is 0 Å². The Hall–Kier alpha value is -0.910. The predicted molar refractivity (Wildman–Crippen MR) is 64.2 cm³/mol. The molecule has 1 aliphatic carbocycles. The van der Waals surface area contributed by atoms with Crippen molar-refractivity contribution in [3.05, 3.63) is 12.2 Å². The molecule has 2 atom stereocenters. The molecule has 17 heavy (non-hydrogen) atoms. The highest BCUT2D eigenvalue weighted by atomic mass is 35.5. The van der Waals surface area contributed by atoms with Gasteiger partial charge in [0.25, 0.3) is 0 Å². The molecule has 0 saturated carbocycles. The summed E-state index contributed by atoms with van der Waals surface area (Å²) in [5.74, 6) is -2.27. The Morgan fingerprint density at radius 3 is 2.71 bits per heavy atom. The number of ketones is 1. The van der Waals surface area contributed by atoms with Crippen molar-refractivity contribution in [2.24, 2.45) is 5.92 Å². The number of hydrogen-bond acceptors (Lipinski definition) is 4. The van der Waals surface area contributed by atoms with Crippen molar-refractivity contribution in [3.8, 4) is 0 Å². The minimum Gasteiger partial charge on any atom is -0.480 e. The third-order valence-electron chi connectivity index (χ3n) is 2.55. The van der Waals surface area contributed by atoms with E-state index in [0.29, 0.717) is 16.1 Å². The number of allylic oxidation sites excluding steroid dienone is 2. The van der Waals surface area contributed by atoms with Gasteiger partial charge in [-0.15, -0.1) is 3.94 Å². The maximum Gasteiger partial charge on any atom is 0.324 e. The van der Waals surface area contributed by atoms with Gasteiger partial charge in [0.1, 0.15) is 11.8 Å². The number of aliphatic carboxylic acids is 1. The largest absolute Gasteiger partial charge is 0.480 e. The zero-order chi connectivity index (χ0) is 13.0. The monoisotopic (exact) mass is 278 g/mol. The van der Waals surface area contributed by atoms with Gasteiger partial charge in [-0.05, 0) is 36.4 Å². The first-order chi connectivity index (χ1) is 7.93. The van der Waals surface area contributed by atoms with E-state index in [4.69, 9.17) is 34.1 Å². The van der Waals surface area contributed by atoms with Gasteiger partial charge in [0.15, 0.2) is 0 Å². The van der Waals surface area contributed by atoms with Gasteiger partial charge in [0.2, 0.25) is 0 Å². The highest BCUT2D eigenvalue weighted by Gasteiger charge is 2.31. The Kier molecular flexibility index (Phi) is 5.11. The molecule has 0 aromatic heterocycles. The van der Waals surface area contributed by atoms with Crippen molar-refractivity contribution in [2.45, 2.75) is 25.3 Å². The van der Waals surface area contributed by atoms with E-state index in [2.05, 4.69) is 0 Å². The average Bonchev–Trinajstić information content (AvgIpc) is 2.25. The van der Waals surface area contributed by atoms with E-state index in [0.717, 1.165) is 6.42 Å². The van der Waals surface area contributed by atoms with Crippen LogP contribution in [0.5, 0.6) is 0 Å². The summed E-state index contributed by atoms with van der Waals surface area (Å²) in [6, 6.07) is -1.28. The number of rotatable bonds is 5. The summed E-state index contributed by atoms with van der Waals surface area (Å²) >= 11 is 10.7. The van der Waals surface area contributed by atoms with Crippen LogP contribution in [0.4, 0.5) is 0 Å². The van der Waals surface area contributed by atoms with Crippen LogP contribution in [0.3, 0.4) is 0 Å². The molecular formula is C10H12Cl2N2O3. The second kappa shape index (κ2) is 6.14. The number of nitrogens with zero attached hydrogens (tertiary/aromatic N) is 1. The minimum absolute atomic E-state index is 0.303. The highest BCUT2D eigenvalue weighted by Crippen LogP contribution is 2.20. The van der Waals surface area contributed by atoms with Gasteiger partial charge in [-0.3, -0.25) is 9.59 Å². The Balaban J connectivity index is 2.70. The van der Waals surface area contributed by atoms with Crippen molar-refractivity contribution >= 4 is 41.0 Å². The van der Waals surface area contributed by atoms with Crippen molar-refractivity contribution in [3.63, 3.8) is 0 Å². The Labute approximate surface area is 109 Å². The molecule has 94 valence electrons. The van der Waals surface area contributed by atoms with Crippen LogP contribution in [-0.4, -0.2) is 32.6 Å². The van der Waals surface area contributed by atoms with Crippen LogP contribution < -0.4 is 0 Å². The fourth-order valence-electron chi connectivity index (χ4n) is 1.60. The lowest BCUT2D eigenvalue weighted by atomic mass is 9.87. The fraction of sp³-hybridized carbons (Fsp3) is 0.500. The molecule has 0 aliphatic heterocycles. The van der Waals surface area contributed by atoms with Gasteiger partial charge in [0.05, 0.1) is 5.92 Å². The van der Waals surface area contributed by atoms with Gasteiger partial charge in [-0.1, -0.05) is 12.2 Å². The van der Waals surface area contributed by atoms with E-state index < -0.39 is 17.9 Å². The number of Topliss-reactive ketones (excluding diaryl/α,β-unsaturated/α-hetero) is 1. The average molecular weight is 279 g/mol. The smallest absolute Gasteiger partial charge is 0.324 e. The lowest BCUT2D eigenvalue weighted by Gasteiger charge is -2.20. The molecular weight excluding hydrogens is 267 g/mol. The van der Waals surface area contributed by atoms with Gasteiger partial charge in [-0.2, -0.15) is 0 Å². The topological polar surface area (TPSA) is 81.5 Å². The molecule has 2 N–H and O–H groups in total. The quantitative estimate of drug-likeness (QED) is 0.595. The van der Waals surface area contributed by atoms with Crippen molar-refractivity contribution in [2.75, 3.05) is 0 Å². The van der Waals surface area contributed by atoms with Crippen LogP contribution in [0, 0.1) is 11.3 Å². The molecule has 1 aliphatic rings. The molecule has 5 nitrogen and oxygen atoms in total. The summed E-state index contributed by atoms with van der Waals surface area (Å²) in [5, 5.41) is 16.5. The Morgan fingerprint density at radius 2 is 2.24 bits per heavy atom. The fourth-order valence-corrected chi connectivity index (χ4v) is 1.91. The molecule has 0 amide bonds. The predicted octanol–water partition coefficient (Wildman–Crippen LogP) is 1.99.